The molecular weight excluding hydrogens is 208 g/mol. The Hall–Kier alpha value is -0.730. The second-order valence-electron chi connectivity index (χ2n) is 3.82. The summed E-state index contributed by atoms with van der Waals surface area (Å²) in [4.78, 5) is 2.30. The van der Waals surface area contributed by atoms with E-state index < -0.39 is 0 Å². The zero-order valence-electron chi connectivity index (χ0n) is 9.63. The molecule has 84 valence electrons. The van der Waals surface area contributed by atoms with Crippen molar-refractivity contribution >= 4 is 17.3 Å². The van der Waals surface area contributed by atoms with Gasteiger partial charge in [-0.2, -0.15) is 0 Å². The van der Waals surface area contributed by atoms with E-state index >= 15 is 0 Å². The predicted molar refractivity (Wildman–Crippen MR) is 67.5 cm³/mol. The lowest BCUT2D eigenvalue weighted by Crippen LogP contribution is -2.31. The van der Waals surface area contributed by atoms with Crippen LogP contribution in [0.25, 0.3) is 0 Å². The molecule has 15 heavy (non-hydrogen) atoms. The van der Waals surface area contributed by atoms with Gasteiger partial charge in [0, 0.05) is 35.4 Å². The van der Waals surface area contributed by atoms with Crippen LogP contribution in [-0.4, -0.2) is 12.6 Å². The molecule has 2 N–H and O–H groups in total. The van der Waals surface area contributed by atoms with Crippen molar-refractivity contribution < 1.29 is 0 Å². The largest absolute Gasteiger partial charge is 0.369 e. The van der Waals surface area contributed by atoms with Crippen LogP contribution in [0.4, 0.5) is 5.69 Å². The van der Waals surface area contributed by atoms with Gasteiger partial charge in [-0.15, -0.1) is 0 Å². The van der Waals surface area contributed by atoms with Crippen LogP contribution in [0.3, 0.4) is 0 Å². The van der Waals surface area contributed by atoms with Crippen molar-refractivity contribution in [2.24, 2.45) is 5.73 Å². The molecule has 0 saturated heterocycles. The molecule has 0 bridgehead atoms. The normalized spacial score (nSPS) is 10.8. The monoisotopic (exact) mass is 226 g/mol. The van der Waals surface area contributed by atoms with Gasteiger partial charge in [0.05, 0.1) is 0 Å². The van der Waals surface area contributed by atoms with Gasteiger partial charge in [-0.1, -0.05) is 17.7 Å². The Morgan fingerprint density at radius 3 is 2.53 bits per heavy atom. The maximum atomic E-state index is 6.13. The number of nitrogens with zero attached hydrogens (tertiary/aromatic N) is 1. The van der Waals surface area contributed by atoms with Crippen molar-refractivity contribution in [2.45, 2.75) is 33.4 Å². The standard InChI is InChI=1S/C12H19ClN2/c1-4-15(9(2)3)12-7-5-6-11(13)10(12)8-14/h5-7,9H,4,8,14H2,1-3H3. The van der Waals surface area contributed by atoms with Crippen LogP contribution in [0, 0.1) is 0 Å². The molecule has 0 spiro atoms. The highest BCUT2D eigenvalue weighted by Gasteiger charge is 2.13. The Morgan fingerprint density at radius 2 is 2.07 bits per heavy atom. The lowest BCUT2D eigenvalue weighted by Gasteiger charge is -2.29. The molecule has 0 heterocycles. The fourth-order valence-electron chi connectivity index (χ4n) is 1.83. The summed E-state index contributed by atoms with van der Waals surface area (Å²) in [7, 11) is 0. The topological polar surface area (TPSA) is 29.3 Å². The van der Waals surface area contributed by atoms with E-state index in [4.69, 9.17) is 17.3 Å². The summed E-state index contributed by atoms with van der Waals surface area (Å²) in [5, 5.41) is 0.758. The third kappa shape index (κ3) is 2.64. The lowest BCUT2D eigenvalue weighted by atomic mass is 10.1. The first-order valence-electron chi connectivity index (χ1n) is 5.35. The first-order chi connectivity index (χ1) is 7.11. The zero-order valence-corrected chi connectivity index (χ0v) is 10.4. The van der Waals surface area contributed by atoms with Gasteiger partial charge in [0.25, 0.3) is 0 Å². The number of nitrogens with two attached hydrogens (primary N) is 1. The molecule has 1 aromatic rings. The highest BCUT2D eigenvalue weighted by Crippen LogP contribution is 2.28. The number of hydrogen-bond donors (Lipinski definition) is 1. The van der Waals surface area contributed by atoms with E-state index in [9.17, 15) is 0 Å². The summed E-state index contributed by atoms with van der Waals surface area (Å²) in [6, 6.07) is 6.40. The number of halogens is 1. The van der Waals surface area contributed by atoms with Gasteiger partial charge in [0.15, 0.2) is 0 Å². The summed E-state index contributed by atoms with van der Waals surface area (Å²) < 4.78 is 0. The van der Waals surface area contributed by atoms with Crippen LogP contribution in [0.5, 0.6) is 0 Å². The average molecular weight is 227 g/mol. The lowest BCUT2D eigenvalue weighted by molar-refractivity contribution is 0.699. The molecule has 0 aromatic heterocycles. The van der Waals surface area contributed by atoms with Crippen LogP contribution in [-0.2, 0) is 6.54 Å². The minimum absolute atomic E-state index is 0.457. The second kappa shape index (κ2) is 5.38. The highest BCUT2D eigenvalue weighted by atomic mass is 35.5. The van der Waals surface area contributed by atoms with Crippen molar-refractivity contribution in [3.8, 4) is 0 Å². The zero-order chi connectivity index (χ0) is 11.4. The summed E-state index contributed by atoms with van der Waals surface area (Å²) in [5.74, 6) is 0. The van der Waals surface area contributed by atoms with Crippen LogP contribution in [0.2, 0.25) is 5.02 Å². The highest BCUT2D eigenvalue weighted by molar-refractivity contribution is 6.31. The number of hydrogen-bond acceptors (Lipinski definition) is 2. The molecule has 1 rings (SSSR count). The van der Waals surface area contributed by atoms with E-state index in [1.165, 1.54) is 0 Å². The van der Waals surface area contributed by atoms with E-state index in [1.54, 1.807) is 0 Å². The number of benzene rings is 1. The third-order valence-electron chi connectivity index (χ3n) is 2.57. The minimum atomic E-state index is 0.457. The predicted octanol–water partition coefficient (Wildman–Crippen LogP) is 3.03. The average Bonchev–Trinajstić information content (AvgIpc) is 2.18. The Balaban J connectivity index is 3.16. The summed E-state index contributed by atoms with van der Waals surface area (Å²) in [5.41, 5.74) is 7.92. The molecule has 0 aliphatic heterocycles. The smallest absolute Gasteiger partial charge is 0.0471 e. The van der Waals surface area contributed by atoms with Gasteiger partial charge in [-0.05, 0) is 32.9 Å². The van der Waals surface area contributed by atoms with Crippen molar-refractivity contribution in [3.05, 3.63) is 28.8 Å². The molecule has 2 nitrogen and oxygen atoms in total. The minimum Gasteiger partial charge on any atom is -0.369 e. The number of anilines is 1. The van der Waals surface area contributed by atoms with Gasteiger partial charge in [0.2, 0.25) is 0 Å². The van der Waals surface area contributed by atoms with E-state index in [2.05, 4.69) is 31.7 Å². The van der Waals surface area contributed by atoms with Crippen LogP contribution in [0.1, 0.15) is 26.3 Å². The summed E-state index contributed by atoms with van der Waals surface area (Å²) >= 11 is 6.13. The molecule has 1 aromatic carbocycles. The molecule has 0 saturated carbocycles. The molecular formula is C12H19ClN2. The van der Waals surface area contributed by atoms with Crippen molar-refractivity contribution in [2.75, 3.05) is 11.4 Å². The molecule has 0 aliphatic rings. The molecule has 3 heteroatoms. The van der Waals surface area contributed by atoms with Gasteiger partial charge >= 0.3 is 0 Å². The van der Waals surface area contributed by atoms with Crippen LogP contribution >= 0.6 is 11.6 Å². The Morgan fingerprint density at radius 1 is 1.40 bits per heavy atom. The van der Waals surface area contributed by atoms with Gasteiger partial charge in [-0.3, -0.25) is 0 Å². The first kappa shape index (κ1) is 12.3. The molecule has 0 unspecified atom stereocenters. The molecule has 0 aliphatic carbocycles. The Kier molecular flexibility index (Phi) is 4.43. The molecule has 0 fully saturated rings. The number of rotatable bonds is 4. The summed E-state index contributed by atoms with van der Waals surface area (Å²) in [6.45, 7) is 7.93. The van der Waals surface area contributed by atoms with Crippen LogP contribution in [0.15, 0.2) is 18.2 Å². The van der Waals surface area contributed by atoms with Gasteiger partial charge < -0.3 is 10.6 Å². The fourth-order valence-corrected chi connectivity index (χ4v) is 2.08. The van der Waals surface area contributed by atoms with Gasteiger partial charge in [-0.25, -0.2) is 0 Å². The molecule has 0 amide bonds. The Labute approximate surface area is 97.0 Å². The molecule has 0 radical (unpaired) electrons. The van der Waals surface area contributed by atoms with Crippen molar-refractivity contribution in [1.29, 1.82) is 0 Å². The fraction of sp³-hybridized carbons (Fsp3) is 0.500. The van der Waals surface area contributed by atoms with Gasteiger partial charge in [0.1, 0.15) is 0 Å². The molecule has 0 atom stereocenters. The van der Waals surface area contributed by atoms with E-state index in [0.717, 1.165) is 22.8 Å². The first-order valence-corrected chi connectivity index (χ1v) is 5.73. The SMILES string of the molecule is CCN(c1cccc(Cl)c1CN)C(C)C. The maximum Gasteiger partial charge on any atom is 0.0471 e. The Bertz CT molecular complexity index is 323. The van der Waals surface area contributed by atoms with Crippen LogP contribution < -0.4 is 10.6 Å². The van der Waals surface area contributed by atoms with E-state index in [-0.39, 0.29) is 0 Å². The maximum absolute atomic E-state index is 6.13. The second-order valence-corrected chi connectivity index (χ2v) is 4.23. The van der Waals surface area contributed by atoms with Crippen molar-refractivity contribution in [1.82, 2.24) is 0 Å². The van der Waals surface area contributed by atoms with Crippen molar-refractivity contribution in [3.63, 3.8) is 0 Å². The quantitative estimate of drug-likeness (QED) is 0.855. The summed E-state index contributed by atoms with van der Waals surface area (Å²) in [6.07, 6.45) is 0. The van der Waals surface area contributed by atoms with E-state index in [0.29, 0.717) is 12.6 Å². The van der Waals surface area contributed by atoms with E-state index in [1.807, 2.05) is 12.1 Å². The third-order valence-corrected chi connectivity index (χ3v) is 2.93.